The Morgan fingerprint density at radius 3 is 1.35 bits per heavy atom. The highest BCUT2D eigenvalue weighted by atomic mass is 16.5. The van der Waals surface area contributed by atoms with Gasteiger partial charge in [-0.2, -0.15) is 0 Å². The summed E-state index contributed by atoms with van der Waals surface area (Å²) >= 11 is 0. The Bertz CT molecular complexity index is 139. The molecular weight excluding hydrogens is 212 g/mol. The molecule has 0 aliphatic rings. The molecule has 0 aromatic rings. The molecule has 17 heavy (non-hydrogen) atoms. The largest absolute Gasteiger partial charge is 0.462 e. The van der Waals surface area contributed by atoms with Crippen molar-refractivity contribution < 1.29 is 9.53 Å². The van der Waals surface area contributed by atoms with Crippen molar-refractivity contribution in [1.29, 1.82) is 0 Å². The van der Waals surface area contributed by atoms with Gasteiger partial charge in [0.1, 0.15) is 5.60 Å². The van der Waals surface area contributed by atoms with E-state index in [2.05, 4.69) is 18.6 Å². The monoisotopic (exact) mass is 244 g/mol. The van der Waals surface area contributed by atoms with Crippen molar-refractivity contribution in [3.8, 4) is 0 Å². The average molecular weight is 244 g/mol. The van der Waals surface area contributed by atoms with Crippen LogP contribution >= 0.6 is 0 Å². The second-order valence-corrected chi connectivity index (χ2v) is 5.45. The standard InChI is InChI=1S/C10H22.C5H10O2/c1-3-5-7-9-10-8-6-4-2;1-5(2,3)7-4-6/h3-10H2,1-2H3;4H,1-3H3. The van der Waals surface area contributed by atoms with Crippen molar-refractivity contribution in [3.05, 3.63) is 0 Å². The maximum Gasteiger partial charge on any atom is 0.293 e. The normalized spacial score (nSPS) is 10.4. The third-order valence-corrected chi connectivity index (χ3v) is 2.36. The maximum absolute atomic E-state index is 9.60. The van der Waals surface area contributed by atoms with Crippen molar-refractivity contribution in [2.24, 2.45) is 0 Å². The van der Waals surface area contributed by atoms with Gasteiger partial charge in [0, 0.05) is 0 Å². The van der Waals surface area contributed by atoms with Crippen LogP contribution in [0.1, 0.15) is 86.0 Å². The molecule has 0 unspecified atom stereocenters. The van der Waals surface area contributed by atoms with Crippen LogP contribution < -0.4 is 0 Å². The lowest BCUT2D eigenvalue weighted by Gasteiger charge is -2.14. The van der Waals surface area contributed by atoms with Gasteiger partial charge in [-0.25, -0.2) is 0 Å². The number of rotatable bonds is 8. The van der Waals surface area contributed by atoms with Gasteiger partial charge in [0.05, 0.1) is 0 Å². The minimum absolute atomic E-state index is 0.318. The Labute approximate surface area is 108 Å². The first kappa shape index (κ1) is 18.8. The molecule has 2 nitrogen and oxygen atoms in total. The maximum atomic E-state index is 9.60. The van der Waals surface area contributed by atoms with E-state index in [0.717, 1.165) is 0 Å². The smallest absolute Gasteiger partial charge is 0.293 e. The molecule has 0 saturated heterocycles. The van der Waals surface area contributed by atoms with Gasteiger partial charge >= 0.3 is 0 Å². The molecule has 0 heterocycles. The molecule has 0 aromatic carbocycles. The highest BCUT2D eigenvalue weighted by Crippen LogP contribution is 2.07. The molecule has 0 N–H and O–H groups in total. The molecule has 0 saturated carbocycles. The average Bonchev–Trinajstić information content (AvgIpc) is 2.22. The van der Waals surface area contributed by atoms with Crippen molar-refractivity contribution in [1.82, 2.24) is 0 Å². The summed E-state index contributed by atoms with van der Waals surface area (Å²) in [6, 6.07) is 0. The summed E-state index contributed by atoms with van der Waals surface area (Å²) in [6.07, 6.45) is 11.5. The van der Waals surface area contributed by atoms with E-state index in [1.54, 1.807) is 0 Å². The third-order valence-electron chi connectivity index (χ3n) is 2.36. The highest BCUT2D eigenvalue weighted by molar-refractivity contribution is 5.37. The van der Waals surface area contributed by atoms with Crippen molar-refractivity contribution in [2.45, 2.75) is 91.6 Å². The second-order valence-electron chi connectivity index (χ2n) is 5.45. The summed E-state index contributed by atoms with van der Waals surface area (Å²) in [4.78, 5) is 9.60. The molecule has 0 rings (SSSR count). The van der Waals surface area contributed by atoms with Crippen molar-refractivity contribution >= 4 is 6.47 Å². The topological polar surface area (TPSA) is 26.3 Å². The number of unbranched alkanes of at least 4 members (excludes halogenated alkanes) is 7. The molecule has 0 aromatic heterocycles. The fourth-order valence-electron chi connectivity index (χ4n) is 1.35. The summed E-state index contributed by atoms with van der Waals surface area (Å²) in [6.45, 7) is 10.5. The van der Waals surface area contributed by atoms with Gasteiger partial charge in [0.2, 0.25) is 0 Å². The number of hydrogen-bond acceptors (Lipinski definition) is 2. The molecule has 0 aliphatic heterocycles. The fraction of sp³-hybridized carbons (Fsp3) is 0.933. The molecule has 0 atom stereocenters. The molecular formula is C15H32O2. The number of hydrogen-bond donors (Lipinski definition) is 0. The molecule has 0 aliphatic carbocycles. The minimum atomic E-state index is -0.318. The predicted molar refractivity (Wildman–Crippen MR) is 75.2 cm³/mol. The van der Waals surface area contributed by atoms with E-state index in [-0.39, 0.29) is 5.60 Å². The summed E-state index contributed by atoms with van der Waals surface area (Å²) < 4.78 is 4.55. The Morgan fingerprint density at radius 2 is 1.18 bits per heavy atom. The third kappa shape index (κ3) is 25.6. The van der Waals surface area contributed by atoms with Gasteiger partial charge in [0.15, 0.2) is 0 Å². The summed E-state index contributed by atoms with van der Waals surface area (Å²) in [7, 11) is 0. The van der Waals surface area contributed by atoms with Crippen LogP contribution in [-0.4, -0.2) is 12.1 Å². The van der Waals surface area contributed by atoms with Crippen LogP contribution in [0.3, 0.4) is 0 Å². The zero-order valence-corrected chi connectivity index (χ0v) is 12.6. The lowest BCUT2D eigenvalue weighted by atomic mass is 10.1. The van der Waals surface area contributed by atoms with E-state index in [1.165, 1.54) is 51.4 Å². The molecule has 0 spiro atoms. The number of carbonyl (C=O) groups excluding carboxylic acids is 1. The first-order valence-electron chi connectivity index (χ1n) is 7.09. The van der Waals surface area contributed by atoms with Gasteiger partial charge in [-0.15, -0.1) is 0 Å². The van der Waals surface area contributed by atoms with Gasteiger partial charge in [-0.1, -0.05) is 65.2 Å². The van der Waals surface area contributed by atoms with Crippen LogP contribution in [0.25, 0.3) is 0 Å². The summed E-state index contributed by atoms with van der Waals surface area (Å²) in [5, 5.41) is 0. The van der Waals surface area contributed by atoms with E-state index < -0.39 is 0 Å². The van der Waals surface area contributed by atoms with Gasteiger partial charge in [0.25, 0.3) is 6.47 Å². The Hall–Kier alpha value is -0.530. The van der Waals surface area contributed by atoms with Crippen LogP contribution in [0, 0.1) is 0 Å². The second kappa shape index (κ2) is 13.5. The fourth-order valence-corrected chi connectivity index (χ4v) is 1.35. The molecule has 0 bridgehead atoms. The molecule has 104 valence electrons. The Balaban J connectivity index is 0. The van der Waals surface area contributed by atoms with Gasteiger partial charge in [-0.3, -0.25) is 4.79 Å². The SMILES string of the molecule is CC(C)(C)OC=O.CCCCCCCCCC. The summed E-state index contributed by atoms with van der Waals surface area (Å²) in [5.74, 6) is 0. The van der Waals surface area contributed by atoms with Crippen LogP contribution in [-0.2, 0) is 9.53 Å². The van der Waals surface area contributed by atoms with Crippen molar-refractivity contribution in [2.75, 3.05) is 0 Å². The van der Waals surface area contributed by atoms with E-state index >= 15 is 0 Å². The van der Waals surface area contributed by atoms with E-state index in [1.807, 2.05) is 20.8 Å². The lowest BCUT2D eigenvalue weighted by Crippen LogP contribution is -2.17. The zero-order chi connectivity index (χ0) is 13.6. The Morgan fingerprint density at radius 1 is 0.824 bits per heavy atom. The molecule has 2 heteroatoms. The molecule has 0 radical (unpaired) electrons. The van der Waals surface area contributed by atoms with E-state index in [0.29, 0.717) is 6.47 Å². The number of carbonyl (C=O) groups is 1. The minimum Gasteiger partial charge on any atom is -0.462 e. The van der Waals surface area contributed by atoms with Crippen molar-refractivity contribution in [3.63, 3.8) is 0 Å². The zero-order valence-electron chi connectivity index (χ0n) is 12.6. The molecule has 0 amide bonds. The van der Waals surface area contributed by atoms with E-state index in [9.17, 15) is 4.79 Å². The van der Waals surface area contributed by atoms with Gasteiger partial charge in [-0.05, 0) is 20.8 Å². The van der Waals surface area contributed by atoms with Gasteiger partial charge < -0.3 is 4.74 Å². The summed E-state index contributed by atoms with van der Waals surface area (Å²) in [5.41, 5.74) is -0.318. The molecule has 0 fully saturated rings. The first-order valence-corrected chi connectivity index (χ1v) is 7.09. The van der Waals surface area contributed by atoms with Crippen LogP contribution in [0.4, 0.5) is 0 Å². The Kier molecular flexibility index (Phi) is 15.0. The van der Waals surface area contributed by atoms with E-state index in [4.69, 9.17) is 0 Å². The quantitative estimate of drug-likeness (QED) is 0.438. The van der Waals surface area contributed by atoms with Crippen LogP contribution in [0.2, 0.25) is 0 Å². The van der Waals surface area contributed by atoms with Crippen LogP contribution in [0.15, 0.2) is 0 Å². The number of ether oxygens (including phenoxy) is 1. The highest BCUT2D eigenvalue weighted by Gasteiger charge is 2.07. The predicted octanol–water partition coefficient (Wildman–Crippen LogP) is 5.10. The lowest BCUT2D eigenvalue weighted by molar-refractivity contribution is -0.138. The van der Waals surface area contributed by atoms with Crippen LogP contribution in [0.5, 0.6) is 0 Å². The first-order chi connectivity index (χ1) is 7.97.